The highest BCUT2D eigenvalue weighted by atomic mass is 16.5. The first kappa shape index (κ1) is 24.1. The van der Waals surface area contributed by atoms with Gasteiger partial charge in [-0.2, -0.15) is 0 Å². The number of carbonyl (C=O) groups excluding carboxylic acids is 1. The molecule has 2 aromatic carbocycles. The summed E-state index contributed by atoms with van der Waals surface area (Å²) in [5.74, 6) is 2.64. The van der Waals surface area contributed by atoms with Gasteiger partial charge in [-0.05, 0) is 61.7 Å². The number of amides is 1. The average Bonchev–Trinajstić information content (AvgIpc) is 2.80. The van der Waals surface area contributed by atoms with Crippen LogP contribution in [-0.2, 0) is 11.3 Å². The molecule has 6 nitrogen and oxygen atoms in total. The summed E-state index contributed by atoms with van der Waals surface area (Å²) in [7, 11) is 3.22. The lowest BCUT2D eigenvalue weighted by Crippen LogP contribution is -2.28. The van der Waals surface area contributed by atoms with E-state index >= 15 is 0 Å². The Morgan fingerprint density at radius 2 is 1.58 bits per heavy atom. The second-order valence-electron chi connectivity index (χ2n) is 6.86. The molecule has 0 fully saturated rings. The van der Waals surface area contributed by atoms with Gasteiger partial charge in [-0.25, -0.2) is 0 Å². The van der Waals surface area contributed by atoms with E-state index in [2.05, 4.69) is 6.92 Å². The number of carbonyl (C=O) groups is 1. The van der Waals surface area contributed by atoms with E-state index in [1.807, 2.05) is 50.2 Å². The van der Waals surface area contributed by atoms with Crippen LogP contribution in [0, 0.1) is 0 Å². The van der Waals surface area contributed by atoms with Crippen LogP contribution in [0.25, 0.3) is 6.08 Å². The minimum atomic E-state index is -0.0689. The highest BCUT2D eigenvalue weighted by Crippen LogP contribution is 2.29. The third-order valence-electron chi connectivity index (χ3n) is 4.66. The lowest BCUT2D eigenvalue weighted by atomic mass is 10.1. The van der Waals surface area contributed by atoms with Crippen molar-refractivity contribution in [2.45, 2.75) is 33.7 Å². The Kier molecular flexibility index (Phi) is 9.75. The molecule has 2 aromatic rings. The second kappa shape index (κ2) is 12.5. The summed E-state index contributed by atoms with van der Waals surface area (Å²) in [4.78, 5) is 14.5. The molecule has 0 aliphatic heterocycles. The zero-order valence-corrected chi connectivity index (χ0v) is 19.1. The molecule has 0 radical (unpaired) electrons. The van der Waals surface area contributed by atoms with Crippen LogP contribution < -0.4 is 18.9 Å². The highest BCUT2D eigenvalue weighted by Gasteiger charge is 2.12. The Morgan fingerprint density at radius 3 is 2.23 bits per heavy atom. The average molecular weight is 428 g/mol. The van der Waals surface area contributed by atoms with Gasteiger partial charge in [0.15, 0.2) is 23.0 Å². The number of ether oxygens (including phenoxy) is 4. The molecule has 0 aliphatic rings. The van der Waals surface area contributed by atoms with Gasteiger partial charge in [-0.1, -0.05) is 19.1 Å². The van der Waals surface area contributed by atoms with Crippen LogP contribution in [0.5, 0.6) is 23.0 Å². The third kappa shape index (κ3) is 6.95. The van der Waals surface area contributed by atoms with Crippen LogP contribution in [-0.4, -0.2) is 44.8 Å². The summed E-state index contributed by atoms with van der Waals surface area (Å²) in [6.45, 7) is 8.21. The summed E-state index contributed by atoms with van der Waals surface area (Å²) in [6, 6.07) is 11.4. The molecule has 0 aliphatic carbocycles. The van der Waals surface area contributed by atoms with Crippen molar-refractivity contribution < 1.29 is 23.7 Å². The SMILES string of the molecule is CCCOc1ccc(/C=C/C(=O)N(CC)Cc2ccc(OCC)c(OC)c2)cc1OC. The Balaban J connectivity index is 2.10. The molecule has 0 heterocycles. The maximum atomic E-state index is 12.8. The highest BCUT2D eigenvalue weighted by molar-refractivity contribution is 5.91. The van der Waals surface area contributed by atoms with Crippen molar-refractivity contribution >= 4 is 12.0 Å². The monoisotopic (exact) mass is 427 g/mol. The van der Waals surface area contributed by atoms with Gasteiger partial charge in [0.1, 0.15) is 0 Å². The van der Waals surface area contributed by atoms with Gasteiger partial charge in [0.25, 0.3) is 0 Å². The smallest absolute Gasteiger partial charge is 0.246 e. The molecule has 0 N–H and O–H groups in total. The molecule has 0 aromatic heterocycles. The molecule has 1 amide bonds. The van der Waals surface area contributed by atoms with E-state index in [1.54, 1.807) is 31.3 Å². The van der Waals surface area contributed by atoms with Gasteiger partial charge in [-0.3, -0.25) is 4.79 Å². The fourth-order valence-electron chi connectivity index (χ4n) is 3.04. The first-order chi connectivity index (χ1) is 15.1. The van der Waals surface area contributed by atoms with Gasteiger partial charge in [0, 0.05) is 19.2 Å². The number of likely N-dealkylation sites (N-methyl/N-ethyl adjacent to an activating group) is 1. The number of nitrogens with zero attached hydrogens (tertiary/aromatic N) is 1. The molecule has 0 bridgehead atoms. The molecule has 0 saturated carbocycles. The van der Waals surface area contributed by atoms with Crippen LogP contribution in [0.3, 0.4) is 0 Å². The van der Waals surface area contributed by atoms with E-state index in [0.29, 0.717) is 49.3 Å². The molecule has 0 atom stereocenters. The van der Waals surface area contributed by atoms with Crippen LogP contribution in [0.4, 0.5) is 0 Å². The minimum Gasteiger partial charge on any atom is -0.493 e. The van der Waals surface area contributed by atoms with Gasteiger partial charge >= 0.3 is 0 Å². The lowest BCUT2D eigenvalue weighted by Gasteiger charge is -2.20. The Morgan fingerprint density at radius 1 is 0.903 bits per heavy atom. The van der Waals surface area contributed by atoms with Crippen molar-refractivity contribution in [3.63, 3.8) is 0 Å². The predicted octanol–water partition coefficient (Wildman–Crippen LogP) is 4.95. The number of rotatable bonds is 12. The minimum absolute atomic E-state index is 0.0689. The van der Waals surface area contributed by atoms with E-state index in [9.17, 15) is 4.79 Å². The topological polar surface area (TPSA) is 57.2 Å². The summed E-state index contributed by atoms with van der Waals surface area (Å²) in [5, 5.41) is 0. The van der Waals surface area contributed by atoms with Gasteiger partial charge in [-0.15, -0.1) is 0 Å². The third-order valence-corrected chi connectivity index (χ3v) is 4.66. The van der Waals surface area contributed by atoms with Crippen molar-refractivity contribution in [2.24, 2.45) is 0 Å². The number of hydrogen-bond acceptors (Lipinski definition) is 5. The van der Waals surface area contributed by atoms with E-state index in [4.69, 9.17) is 18.9 Å². The summed E-state index contributed by atoms with van der Waals surface area (Å²) in [5.41, 5.74) is 1.84. The molecule has 31 heavy (non-hydrogen) atoms. The van der Waals surface area contributed by atoms with Crippen LogP contribution in [0.15, 0.2) is 42.5 Å². The molecule has 6 heteroatoms. The van der Waals surface area contributed by atoms with Gasteiger partial charge in [0.05, 0.1) is 27.4 Å². The standard InChI is InChI=1S/C25H33NO5/c1-6-15-31-22-12-9-19(16-23(22)28-4)11-14-25(27)26(7-2)18-20-10-13-21(30-8-3)24(17-20)29-5/h9-14,16-17H,6-8,15,18H2,1-5H3/b14-11+. The first-order valence-corrected chi connectivity index (χ1v) is 10.6. The number of benzene rings is 2. The zero-order valence-electron chi connectivity index (χ0n) is 19.1. The first-order valence-electron chi connectivity index (χ1n) is 10.6. The Labute approximate surface area is 185 Å². The van der Waals surface area contributed by atoms with Crippen molar-refractivity contribution in [3.05, 3.63) is 53.6 Å². The predicted molar refractivity (Wildman–Crippen MR) is 123 cm³/mol. The second-order valence-corrected chi connectivity index (χ2v) is 6.86. The fourth-order valence-corrected chi connectivity index (χ4v) is 3.04. The molecular formula is C25H33NO5. The number of methoxy groups -OCH3 is 2. The normalized spacial score (nSPS) is 10.7. The van der Waals surface area contributed by atoms with E-state index < -0.39 is 0 Å². The molecular weight excluding hydrogens is 394 g/mol. The van der Waals surface area contributed by atoms with E-state index in [0.717, 1.165) is 17.5 Å². The van der Waals surface area contributed by atoms with Crippen molar-refractivity contribution in [2.75, 3.05) is 34.0 Å². The maximum absolute atomic E-state index is 12.8. The molecule has 2 rings (SSSR count). The van der Waals surface area contributed by atoms with Crippen LogP contribution in [0.2, 0.25) is 0 Å². The number of hydrogen-bond donors (Lipinski definition) is 0. The molecule has 0 saturated heterocycles. The molecule has 0 unspecified atom stereocenters. The summed E-state index contributed by atoms with van der Waals surface area (Å²) < 4.78 is 22.1. The quantitative estimate of drug-likeness (QED) is 0.449. The van der Waals surface area contributed by atoms with Gasteiger partial charge in [0.2, 0.25) is 5.91 Å². The molecule has 0 spiro atoms. The van der Waals surface area contributed by atoms with Crippen molar-refractivity contribution in [1.82, 2.24) is 4.90 Å². The zero-order chi connectivity index (χ0) is 22.6. The van der Waals surface area contributed by atoms with Crippen LogP contribution >= 0.6 is 0 Å². The Bertz CT molecular complexity index is 878. The summed E-state index contributed by atoms with van der Waals surface area (Å²) in [6.07, 6.45) is 4.29. The lowest BCUT2D eigenvalue weighted by molar-refractivity contribution is -0.126. The van der Waals surface area contributed by atoms with Gasteiger partial charge < -0.3 is 23.8 Å². The van der Waals surface area contributed by atoms with Crippen molar-refractivity contribution in [3.8, 4) is 23.0 Å². The largest absolute Gasteiger partial charge is 0.493 e. The maximum Gasteiger partial charge on any atom is 0.246 e. The fraction of sp³-hybridized carbons (Fsp3) is 0.400. The molecule has 168 valence electrons. The summed E-state index contributed by atoms with van der Waals surface area (Å²) >= 11 is 0. The van der Waals surface area contributed by atoms with E-state index in [1.165, 1.54) is 0 Å². The van der Waals surface area contributed by atoms with Crippen LogP contribution in [0.1, 0.15) is 38.3 Å². The van der Waals surface area contributed by atoms with Crippen molar-refractivity contribution in [1.29, 1.82) is 0 Å². The van der Waals surface area contributed by atoms with E-state index in [-0.39, 0.29) is 5.91 Å². The Hall–Kier alpha value is -3.15.